The van der Waals surface area contributed by atoms with E-state index in [1.807, 2.05) is 0 Å². The number of nitrogens with zero attached hydrogens (tertiary/aromatic N) is 1. The van der Waals surface area contributed by atoms with E-state index in [0.717, 1.165) is 17.3 Å². The summed E-state index contributed by atoms with van der Waals surface area (Å²) in [6.07, 6.45) is -4.60. The SMILES string of the molecule is COC(=O)[C@@](C)(N)Cc1ccc(C2=NC(O)(C(F)(F)F)CS2)cc1. The summed E-state index contributed by atoms with van der Waals surface area (Å²) in [6.45, 7) is 1.53. The van der Waals surface area contributed by atoms with Crippen LogP contribution in [0.5, 0.6) is 0 Å². The van der Waals surface area contributed by atoms with Crippen molar-refractivity contribution in [3.8, 4) is 0 Å². The Morgan fingerprint density at radius 3 is 2.46 bits per heavy atom. The number of ether oxygens (including phenoxy) is 1. The summed E-state index contributed by atoms with van der Waals surface area (Å²) in [5, 5.41) is 9.67. The van der Waals surface area contributed by atoms with Crippen LogP contribution < -0.4 is 5.73 Å². The second kappa shape index (κ2) is 6.38. The predicted molar refractivity (Wildman–Crippen MR) is 84.8 cm³/mol. The Bertz CT molecular complexity index is 659. The number of esters is 1. The van der Waals surface area contributed by atoms with Crippen LogP contribution in [0.4, 0.5) is 13.2 Å². The van der Waals surface area contributed by atoms with E-state index in [1.165, 1.54) is 14.0 Å². The number of hydrogen-bond acceptors (Lipinski definition) is 6. The van der Waals surface area contributed by atoms with Gasteiger partial charge in [0, 0.05) is 12.0 Å². The topological polar surface area (TPSA) is 84.9 Å². The second-order valence-corrected chi connectivity index (χ2v) is 6.77. The average Bonchev–Trinajstić information content (AvgIpc) is 2.90. The molecule has 0 amide bonds. The number of aliphatic imine (C=N–C) groups is 1. The van der Waals surface area contributed by atoms with E-state index in [-0.39, 0.29) is 11.5 Å². The third-order valence-electron chi connectivity index (χ3n) is 3.57. The van der Waals surface area contributed by atoms with Crippen molar-refractivity contribution >= 4 is 22.8 Å². The lowest BCUT2D eigenvalue weighted by atomic mass is 9.93. The van der Waals surface area contributed by atoms with Crippen LogP contribution in [0.15, 0.2) is 29.3 Å². The van der Waals surface area contributed by atoms with Crippen molar-refractivity contribution in [3.05, 3.63) is 35.4 Å². The van der Waals surface area contributed by atoms with Crippen molar-refractivity contribution in [1.82, 2.24) is 0 Å². The van der Waals surface area contributed by atoms with Crippen molar-refractivity contribution in [1.29, 1.82) is 0 Å². The van der Waals surface area contributed by atoms with Gasteiger partial charge >= 0.3 is 12.1 Å². The summed E-state index contributed by atoms with van der Waals surface area (Å²) in [4.78, 5) is 15.0. The highest BCUT2D eigenvalue weighted by atomic mass is 32.2. The molecule has 0 bridgehead atoms. The largest absolute Gasteiger partial charge is 0.468 e. The molecule has 1 aromatic rings. The quantitative estimate of drug-likeness (QED) is 0.799. The molecule has 132 valence electrons. The van der Waals surface area contributed by atoms with Crippen LogP contribution in [0, 0.1) is 0 Å². The molecule has 1 aromatic carbocycles. The summed E-state index contributed by atoms with van der Waals surface area (Å²) in [5.41, 5.74) is 2.82. The summed E-state index contributed by atoms with van der Waals surface area (Å²) in [5.74, 6) is -1.13. The van der Waals surface area contributed by atoms with Gasteiger partial charge in [-0.05, 0) is 12.5 Å². The van der Waals surface area contributed by atoms with Crippen LogP contribution in [0.1, 0.15) is 18.1 Å². The van der Waals surface area contributed by atoms with E-state index in [1.54, 1.807) is 24.3 Å². The van der Waals surface area contributed by atoms with E-state index >= 15 is 0 Å². The minimum Gasteiger partial charge on any atom is -0.468 e. The molecule has 2 atom stereocenters. The Balaban J connectivity index is 2.16. The van der Waals surface area contributed by atoms with Gasteiger partial charge in [-0.3, -0.25) is 4.79 Å². The van der Waals surface area contributed by atoms with E-state index in [4.69, 9.17) is 5.73 Å². The van der Waals surface area contributed by atoms with Crippen molar-refractivity contribution in [2.75, 3.05) is 12.9 Å². The summed E-state index contributed by atoms with van der Waals surface area (Å²) in [6, 6.07) is 6.46. The Morgan fingerprint density at radius 1 is 1.42 bits per heavy atom. The molecular formula is C15H17F3N2O3S. The molecule has 0 aromatic heterocycles. The molecule has 5 nitrogen and oxygen atoms in total. The minimum atomic E-state index is -4.82. The number of nitrogens with two attached hydrogens (primary N) is 1. The smallest absolute Gasteiger partial charge is 0.439 e. The van der Waals surface area contributed by atoms with E-state index < -0.39 is 29.2 Å². The zero-order valence-corrected chi connectivity index (χ0v) is 13.9. The van der Waals surface area contributed by atoms with E-state index in [0.29, 0.717) is 5.56 Å². The van der Waals surface area contributed by atoms with Crippen LogP contribution in [0.3, 0.4) is 0 Å². The molecule has 0 saturated heterocycles. The van der Waals surface area contributed by atoms with Crippen molar-refractivity contribution in [2.24, 2.45) is 10.7 Å². The molecule has 0 radical (unpaired) electrons. The fourth-order valence-corrected chi connectivity index (χ4v) is 3.27. The molecule has 2 rings (SSSR count). The van der Waals surface area contributed by atoms with Gasteiger partial charge < -0.3 is 15.6 Å². The number of rotatable bonds is 4. The zero-order chi connectivity index (χ0) is 18.2. The summed E-state index contributed by atoms with van der Waals surface area (Å²) < 4.78 is 42.9. The predicted octanol–water partition coefficient (Wildman–Crippen LogP) is 1.86. The second-order valence-electron chi connectivity index (χ2n) is 5.80. The van der Waals surface area contributed by atoms with Gasteiger partial charge in [-0.1, -0.05) is 24.3 Å². The normalized spacial score (nSPS) is 23.5. The monoisotopic (exact) mass is 362 g/mol. The van der Waals surface area contributed by atoms with Gasteiger partial charge in [0.05, 0.1) is 12.9 Å². The standard InChI is InChI=1S/C15H17F3N2O3S/c1-13(19,12(21)23-2)7-9-3-5-10(6-4-9)11-20-14(22,8-24-11)15(16,17)18/h3-6,22H,7-8,19H2,1-2H3/t13-,14?/m0/s1. The molecule has 0 fully saturated rings. The number of benzene rings is 1. The van der Waals surface area contributed by atoms with Gasteiger partial charge in [0.15, 0.2) is 0 Å². The van der Waals surface area contributed by atoms with Crippen LogP contribution in [0.2, 0.25) is 0 Å². The van der Waals surface area contributed by atoms with Crippen molar-refractivity contribution < 1.29 is 27.8 Å². The molecule has 9 heteroatoms. The van der Waals surface area contributed by atoms with Crippen LogP contribution in [0.25, 0.3) is 0 Å². The lowest BCUT2D eigenvalue weighted by molar-refractivity contribution is -0.245. The first kappa shape index (κ1) is 18.8. The van der Waals surface area contributed by atoms with Gasteiger partial charge in [-0.15, -0.1) is 11.8 Å². The maximum Gasteiger partial charge on any atom is 0.439 e. The minimum absolute atomic E-state index is 0.116. The molecule has 1 heterocycles. The highest BCUT2D eigenvalue weighted by Crippen LogP contribution is 2.40. The average molecular weight is 362 g/mol. The molecule has 0 saturated carbocycles. The molecule has 24 heavy (non-hydrogen) atoms. The molecule has 0 aliphatic carbocycles. The number of alkyl halides is 3. The number of aliphatic hydroxyl groups is 1. The highest BCUT2D eigenvalue weighted by Gasteiger charge is 2.56. The van der Waals surface area contributed by atoms with Crippen molar-refractivity contribution in [3.63, 3.8) is 0 Å². The number of carbonyl (C=O) groups is 1. The Labute approximate surface area is 141 Å². The third kappa shape index (κ3) is 3.73. The lowest BCUT2D eigenvalue weighted by Crippen LogP contribution is -2.47. The number of hydrogen-bond donors (Lipinski definition) is 2. The first-order valence-electron chi connectivity index (χ1n) is 6.97. The summed E-state index contributed by atoms with van der Waals surface area (Å²) >= 11 is 0.838. The number of carbonyl (C=O) groups excluding carboxylic acids is 1. The van der Waals surface area contributed by atoms with E-state index in [9.17, 15) is 23.1 Å². The van der Waals surface area contributed by atoms with Gasteiger partial charge in [0.2, 0.25) is 0 Å². The maximum atomic E-state index is 12.8. The third-order valence-corrected chi connectivity index (χ3v) is 4.72. The van der Waals surface area contributed by atoms with Gasteiger partial charge in [0.25, 0.3) is 5.72 Å². The molecule has 1 unspecified atom stereocenters. The fourth-order valence-electron chi connectivity index (χ4n) is 2.19. The Hall–Kier alpha value is -1.58. The Morgan fingerprint density at radius 2 is 2.00 bits per heavy atom. The first-order valence-corrected chi connectivity index (χ1v) is 7.95. The molecule has 0 spiro atoms. The highest BCUT2D eigenvalue weighted by molar-refractivity contribution is 8.14. The molecule has 3 N–H and O–H groups in total. The summed E-state index contributed by atoms with van der Waals surface area (Å²) in [7, 11) is 1.24. The molecule has 1 aliphatic rings. The van der Waals surface area contributed by atoms with Crippen molar-refractivity contribution in [2.45, 2.75) is 30.8 Å². The zero-order valence-electron chi connectivity index (χ0n) is 13.1. The molecule has 1 aliphatic heterocycles. The Kier molecular flexibility index (Phi) is 4.98. The van der Waals surface area contributed by atoms with Crippen LogP contribution >= 0.6 is 11.8 Å². The number of halogens is 3. The fraction of sp³-hybridized carbons (Fsp3) is 0.467. The van der Waals surface area contributed by atoms with Crippen LogP contribution in [-0.2, 0) is 16.0 Å². The van der Waals surface area contributed by atoms with Gasteiger partial charge in [-0.2, -0.15) is 13.2 Å². The van der Waals surface area contributed by atoms with Gasteiger partial charge in [0.1, 0.15) is 10.6 Å². The number of thioether (sulfide) groups is 1. The number of methoxy groups -OCH3 is 1. The van der Waals surface area contributed by atoms with Gasteiger partial charge in [-0.25, -0.2) is 4.99 Å². The first-order chi connectivity index (χ1) is 11.0. The molecular weight excluding hydrogens is 345 g/mol. The van der Waals surface area contributed by atoms with E-state index in [2.05, 4.69) is 9.73 Å². The lowest BCUT2D eigenvalue weighted by Gasteiger charge is -2.21. The maximum absolute atomic E-state index is 12.8. The van der Waals surface area contributed by atoms with Crippen LogP contribution in [-0.4, -0.2) is 46.4 Å².